The van der Waals surface area contributed by atoms with Crippen molar-refractivity contribution in [1.29, 1.82) is 0 Å². The smallest absolute Gasteiger partial charge is 0.259 e. The van der Waals surface area contributed by atoms with Crippen LogP contribution in [-0.2, 0) is 4.79 Å². The van der Waals surface area contributed by atoms with Gasteiger partial charge in [-0.25, -0.2) is 9.97 Å². The number of nitrogens with zero attached hydrogens (tertiary/aromatic N) is 3. The van der Waals surface area contributed by atoms with Crippen molar-refractivity contribution in [2.24, 2.45) is 5.92 Å². The number of methoxy groups -OCH3 is 1. The van der Waals surface area contributed by atoms with Crippen LogP contribution in [0, 0.1) is 12.8 Å². The number of hydrogen-bond donors (Lipinski definition) is 1. The highest BCUT2D eigenvalue weighted by Crippen LogP contribution is 2.34. The Morgan fingerprint density at radius 1 is 1.15 bits per heavy atom. The van der Waals surface area contributed by atoms with Crippen LogP contribution < -0.4 is 19.9 Å². The van der Waals surface area contributed by atoms with Crippen molar-refractivity contribution >= 4 is 51.9 Å². The molecule has 2 aliphatic carbocycles. The number of thiazole rings is 1. The number of ketones is 1. The molecule has 9 heteroatoms. The molecule has 1 N–H and O–H groups in total. The first kappa shape index (κ1) is 27.2. The minimum absolute atomic E-state index is 0.218. The summed E-state index contributed by atoms with van der Waals surface area (Å²) in [6, 6.07) is 3.51. The second kappa shape index (κ2) is 12.2. The summed E-state index contributed by atoms with van der Waals surface area (Å²) < 4.78 is 6.51. The van der Waals surface area contributed by atoms with E-state index in [1.165, 1.54) is 23.1 Å². The molecule has 39 heavy (non-hydrogen) atoms. The molecule has 1 amide bonds. The van der Waals surface area contributed by atoms with Crippen LogP contribution >= 0.6 is 22.9 Å². The molecule has 3 aromatic rings. The lowest BCUT2D eigenvalue weighted by Crippen LogP contribution is -2.21. The normalized spacial score (nSPS) is 20.2. The number of fused-ring (bicyclic) bond motifs is 1. The number of carbonyl (C=O) groups excluding carboxylic acids is 2. The summed E-state index contributed by atoms with van der Waals surface area (Å²) in [6.07, 6.45) is 17.2. The zero-order chi connectivity index (χ0) is 27.4. The number of hydrogen-bond acceptors (Lipinski definition) is 7. The Bertz CT molecular complexity index is 1560. The predicted molar refractivity (Wildman–Crippen MR) is 156 cm³/mol. The molecule has 2 aliphatic rings. The Kier molecular flexibility index (Phi) is 8.53. The summed E-state index contributed by atoms with van der Waals surface area (Å²) in [5.74, 6) is 0.844. The monoisotopic (exact) mass is 562 g/mol. The molecule has 202 valence electrons. The molecule has 7 nitrogen and oxygen atoms in total. The zero-order valence-electron chi connectivity index (χ0n) is 22.1. The van der Waals surface area contributed by atoms with Gasteiger partial charge in [0, 0.05) is 35.4 Å². The Hall–Kier alpha value is -3.36. The number of halogens is 1. The quantitative estimate of drug-likeness (QED) is 0.374. The highest BCUT2D eigenvalue weighted by atomic mass is 35.5. The van der Waals surface area contributed by atoms with Gasteiger partial charge < -0.3 is 4.74 Å². The van der Waals surface area contributed by atoms with E-state index in [-0.39, 0.29) is 11.8 Å². The average Bonchev–Trinajstić information content (AvgIpc) is 3.29. The number of anilines is 1. The Balaban J connectivity index is 1.37. The third kappa shape index (κ3) is 6.45. The summed E-state index contributed by atoms with van der Waals surface area (Å²) in [6.45, 7) is 1.86. The summed E-state index contributed by atoms with van der Waals surface area (Å²) in [5.41, 5.74) is 3.80. The van der Waals surface area contributed by atoms with Gasteiger partial charge in [-0.3, -0.25) is 19.9 Å². The number of Topliss-reactive ketones (excluding diaryl/α,β-unsaturated/α-hetero) is 1. The van der Waals surface area contributed by atoms with Crippen molar-refractivity contribution in [1.82, 2.24) is 15.0 Å². The van der Waals surface area contributed by atoms with E-state index in [1.54, 1.807) is 19.4 Å². The van der Waals surface area contributed by atoms with Crippen LogP contribution in [0.3, 0.4) is 0 Å². The molecule has 0 saturated heterocycles. The van der Waals surface area contributed by atoms with Crippen molar-refractivity contribution in [3.8, 4) is 16.9 Å². The maximum Gasteiger partial charge on any atom is 0.259 e. The van der Waals surface area contributed by atoms with Crippen LogP contribution in [0.2, 0.25) is 5.15 Å². The van der Waals surface area contributed by atoms with Crippen LogP contribution in [0.15, 0.2) is 36.2 Å². The van der Waals surface area contributed by atoms with Gasteiger partial charge in [0.05, 0.1) is 28.8 Å². The summed E-state index contributed by atoms with van der Waals surface area (Å²) >= 11 is 7.62. The van der Waals surface area contributed by atoms with Gasteiger partial charge in [0.1, 0.15) is 16.7 Å². The van der Waals surface area contributed by atoms with Gasteiger partial charge in [0.2, 0.25) is 0 Å². The lowest BCUT2D eigenvalue weighted by atomic mass is 9.83. The second-order valence-electron chi connectivity index (χ2n) is 9.98. The molecule has 1 saturated carbocycles. The molecule has 1 unspecified atom stereocenters. The number of allylic oxidation sites excluding steroid dienone is 2. The highest BCUT2D eigenvalue weighted by molar-refractivity contribution is 7.13. The standard InChI is InChI=1S/C30H31ClN4O3S/c1-18-14-21(22-15-28(31)33-17-26(22)38-2)23(16-32-18)29(37)35-30-34-24-13-11-19(6-5-9-27(24)39-30)10-12-20-7-3-4-8-25(20)36/h9,11,13-17,20H,3-8,10,12H2,1-2H3,(H,34,35,37)/b19-11+,24-13+,27-9+. The molecule has 0 bridgehead atoms. The maximum atomic E-state index is 13.4. The van der Waals surface area contributed by atoms with E-state index < -0.39 is 0 Å². The Morgan fingerprint density at radius 2 is 2.03 bits per heavy atom. The number of ether oxygens (including phenoxy) is 1. The van der Waals surface area contributed by atoms with Crippen molar-refractivity contribution in [2.75, 3.05) is 12.4 Å². The van der Waals surface area contributed by atoms with E-state index in [0.717, 1.165) is 66.9 Å². The molecule has 1 fully saturated rings. The summed E-state index contributed by atoms with van der Waals surface area (Å²) in [7, 11) is 1.55. The molecule has 3 heterocycles. The lowest BCUT2D eigenvalue weighted by molar-refractivity contribution is -0.124. The number of carbonyl (C=O) groups is 2. The average molecular weight is 563 g/mol. The van der Waals surface area contributed by atoms with Crippen LogP contribution in [0.1, 0.15) is 67.4 Å². The van der Waals surface area contributed by atoms with E-state index >= 15 is 0 Å². The fourth-order valence-electron chi connectivity index (χ4n) is 5.18. The number of nitrogens with one attached hydrogen (secondary N) is 1. The number of rotatable bonds is 7. The highest BCUT2D eigenvalue weighted by Gasteiger charge is 2.22. The van der Waals surface area contributed by atoms with Gasteiger partial charge in [0.25, 0.3) is 5.91 Å². The Labute approximate surface area is 236 Å². The molecular formula is C30H31ClN4O3S. The largest absolute Gasteiger partial charge is 0.494 e. The predicted octanol–water partition coefficient (Wildman–Crippen LogP) is 5.64. The first-order valence-corrected chi connectivity index (χ1v) is 14.5. The summed E-state index contributed by atoms with van der Waals surface area (Å²) in [4.78, 5) is 38.8. The van der Waals surface area contributed by atoms with Gasteiger partial charge in [-0.1, -0.05) is 47.1 Å². The maximum absolute atomic E-state index is 13.4. The lowest BCUT2D eigenvalue weighted by Gasteiger charge is -2.20. The van der Waals surface area contributed by atoms with E-state index in [0.29, 0.717) is 38.5 Å². The van der Waals surface area contributed by atoms with Crippen LogP contribution in [0.25, 0.3) is 23.3 Å². The molecule has 5 rings (SSSR count). The third-order valence-electron chi connectivity index (χ3n) is 7.30. The fourth-order valence-corrected chi connectivity index (χ4v) is 6.25. The van der Waals surface area contributed by atoms with Crippen LogP contribution in [-0.4, -0.2) is 33.8 Å². The minimum Gasteiger partial charge on any atom is -0.494 e. The topological polar surface area (TPSA) is 94.1 Å². The second-order valence-corrected chi connectivity index (χ2v) is 11.4. The third-order valence-corrected chi connectivity index (χ3v) is 8.49. The van der Waals surface area contributed by atoms with Gasteiger partial charge in [-0.2, -0.15) is 0 Å². The van der Waals surface area contributed by atoms with Gasteiger partial charge >= 0.3 is 0 Å². The van der Waals surface area contributed by atoms with Crippen molar-refractivity contribution in [3.05, 3.63) is 62.5 Å². The first-order chi connectivity index (χ1) is 18.9. The fraction of sp³-hybridized carbons (Fsp3) is 0.367. The minimum atomic E-state index is -0.317. The van der Waals surface area contributed by atoms with Crippen LogP contribution in [0.5, 0.6) is 5.75 Å². The molecule has 1 atom stereocenters. The molecule has 0 aromatic carbocycles. The number of amides is 1. The zero-order valence-corrected chi connectivity index (χ0v) is 23.7. The van der Waals surface area contributed by atoms with Crippen molar-refractivity contribution in [3.63, 3.8) is 0 Å². The molecule has 0 aliphatic heterocycles. The molecule has 0 radical (unpaired) electrons. The first-order valence-electron chi connectivity index (χ1n) is 13.3. The Morgan fingerprint density at radius 3 is 2.85 bits per heavy atom. The van der Waals surface area contributed by atoms with Crippen LogP contribution in [0.4, 0.5) is 5.13 Å². The van der Waals surface area contributed by atoms with Crippen molar-refractivity contribution in [2.45, 2.75) is 58.3 Å². The molecule has 3 aromatic heterocycles. The van der Waals surface area contributed by atoms with Gasteiger partial charge in [-0.05, 0) is 63.7 Å². The van der Waals surface area contributed by atoms with Crippen molar-refractivity contribution < 1.29 is 14.3 Å². The number of aromatic nitrogens is 3. The molecular weight excluding hydrogens is 532 g/mol. The van der Waals surface area contributed by atoms with Gasteiger partial charge in [-0.15, -0.1) is 0 Å². The van der Waals surface area contributed by atoms with E-state index in [9.17, 15) is 9.59 Å². The van der Waals surface area contributed by atoms with Gasteiger partial charge in [0.15, 0.2) is 5.13 Å². The number of pyridine rings is 2. The SMILES string of the molecule is COc1cnc(Cl)cc1-c1cc(C)ncc1C(=O)Nc1nc2/c(s1)=C\CC/C(CCC1CCCCC1=O)=C\C=2. The van der Waals surface area contributed by atoms with E-state index in [2.05, 4.69) is 27.4 Å². The van der Waals surface area contributed by atoms with E-state index in [4.69, 9.17) is 21.3 Å². The summed E-state index contributed by atoms with van der Waals surface area (Å²) in [5, 5.41) is 4.62. The van der Waals surface area contributed by atoms with E-state index in [1.807, 2.05) is 19.1 Å². The number of aryl methyl sites for hydroxylation is 1. The molecule has 0 spiro atoms.